The number of rotatable bonds is 5. The Labute approximate surface area is 205 Å². The molecule has 1 aromatic carbocycles. The predicted molar refractivity (Wildman–Crippen MR) is 127 cm³/mol. The minimum Gasteiger partial charge on any atom is -0.335 e. The maximum atomic E-state index is 13.7. The highest BCUT2D eigenvalue weighted by Crippen LogP contribution is 2.41. The molecule has 8 heteroatoms. The van der Waals surface area contributed by atoms with Crippen molar-refractivity contribution in [1.29, 1.82) is 0 Å². The molecule has 1 aromatic rings. The van der Waals surface area contributed by atoms with Gasteiger partial charge < -0.3 is 9.80 Å². The summed E-state index contributed by atoms with van der Waals surface area (Å²) in [4.78, 5) is 70.0. The van der Waals surface area contributed by atoms with E-state index in [2.05, 4.69) is 13.8 Å². The number of imide groups is 1. The van der Waals surface area contributed by atoms with Crippen molar-refractivity contribution in [3.63, 3.8) is 0 Å². The van der Waals surface area contributed by atoms with Crippen LogP contribution in [0.5, 0.6) is 0 Å². The molecule has 4 amide bonds. The molecule has 4 fully saturated rings. The van der Waals surface area contributed by atoms with Gasteiger partial charge in [-0.15, -0.1) is 0 Å². The number of nitrogens with zero attached hydrogens (tertiary/aromatic N) is 3. The Hall–Kier alpha value is -3.03. The smallest absolute Gasteiger partial charge is 0.295 e. The molecule has 186 valence electrons. The van der Waals surface area contributed by atoms with E-state index in [4.69, 9.17) is 0 Å². The van der Waals surface area contributed by atoms with Crippen LogP contribution in [0.1, 0.15) is 74.7 Å². The van der Waals surface area contributed by atoms with Crippen molar-refractivity contribution < 1.29 is 24.0 Å². The SMILES string of the molecule is CC(C)c1ccc(C(=O)C(=O)N2CCC[C@H]2C(=O)N2CC[C@H]3[C@H]2[C@H](C)C(=O)N3C(=O)C2CC2)cc1. The lowest BCUT2D eigenvalue weighted by Crippen LogP contribution is -2.52. The van der Waals surface area contributed by atoms with E-state index in [1.54, 1.807) is 24.0 Å². The lowest BCUT2D eigenvalue weighted by atomic mass is 9.99. The third kappa shape index (κ3) is 3.96. The van der Waals surface area contributed by atoms with Gasteiger partial charge in [0.2, 0.25) is 23.5 Å². The molecule has 3 aliphatic heterocycles. The van der Waals surface area contributed by atoms with E-state index in [1.165, 1.54) is 9.80 Å². The second-order valence-corrected chi connectivity index (χ2v) is 10.8. The maximum absolute atomic E-state index is 13.7. The van der Waals surface area contributed by atoms with Gasteiger partial charge in [-0.1, -0.05) is 45.0 Å². The minimum atomic E-state index is -0.712. The predicted octanol–water partition coefficient (Wildman–Crippen LogP) is 2.37. The first-order chi connectivity index (χ1) is 16.7. The average molecular weight is 480 g/mol. The quantitative estimate of drug-likeness (QED) is 0.367. The molecule has 5 rings (SSSR count). The van der Waals surface area contributed by atoms with Crippen LogP contribution in [0.4, 0.5) is 0 Å². The Bertz CT molecular complexity index is 1080. The number of likely N-dealkylation sites (tertiary alicyclic amines) is 3. The van der Waals surface area contributed by atoms with Crippen molar-refractivity contribution in [3.05, 3.63) is 35.4 Å². The Kier molecular flexibility index (Phi) is 6.01. The molecule has 0 bridgehead atoms. The van der Waals surface area contributed by atoms with E-state index in [-0.39, 0.29) is 35.7 Å². The molecule has 3 saturated heterocycles. The summed E-state index contributed by atoms with van der Waals surface area (Å²) in [5, 5.41) is 0. The molecule has 0 N–H and O–H groups in total. The third-order valence-electron chi connectivity index (χ3n) is 8.17. The average Bonchev–Trinajstić information content (AvgIpc) is 3.34. The van der Waals surface area contributed by atoms with Crippen molar-refractivity contribution in [1.82, 2.24) is 14.7 Å². The molecule has 0 aromatic heterocycles. The second-order valence-electron chi connectivity index (χ2n) is 10.8. The molecular weight excluding hydrogens is 446 g/mol. The lowest BCUT2D eigenvalue weighted by molar-refractivity contribution is -0.146. The lowest BCUT2D eigenvalue weighted by Gasteiger charge is -2.32. The molecule has 35 heavy (non-hydrogen) atoms. The van der Waals surface area contributed by atoms with Gasteiger partial charge in [0.15, 0.2) is 0 Å². The van der Waals surface area contributed by atoms with Crippen molar-refractivity contribution >= 4 is 29.4 Å². The molecule has 1 aliphatic carbocycles. The molecular formula is C27H33N3O5. The zero-order chi connectivity index (χ0) is 25.0. The Morgan fingerprint density at radius 2 is 1.57 bits per heavy atom. The van der Waals surface area contributed by atoms with Crippen molar-refractivity contribution in [2.75, 3.05) is 13.1 Å². The van der Waals surface area contributed by atoms with Crippen LogP contribution in [0.2, 0.25) is 0 Å². The number of hydrogen-bond donors (Lipinski definition) is 0. The first-order valence-corrected chi connectivity index (χ1v) is 12.8. The van der Waals surface area contributed by atoms with Crippen LogP contribution in [0.3, 0.4) is 0 Å². The molecule has 0 spiro atoms. The highest BCUT2D eigenvalue weighted by molar-refractivity contribution is 6.43. The van der Waals surface area contributed by atoms with Crippen LogP contribution >= 0.6 is 0 Å². The monoisotopic (exact) mass is 479 g/mol. The Morgan fingerprint density at radius 1 is 0.886 bits per heavy atom. The van der Waals surface area contributed by atoms with Gasteiger partial charge in [-0.05, 0) is 43.6 Å². The zero-order valence-electron chi connectivity index (χ0n) is 20.6. The fraction of sp³-hybridized carbons (Fsp3) is 0.593. The van der Waals surface area contributed by atoms with Gasteiger partial charge in [0.1, 0.15) is 6.04 Å². The summed E-state index contributed by atoms with van der Waals surface area (Å²) in [6, 6.07) is 5.69. The number of hydrogen-bond acceptors (Lipinski definition) is 5. The number of carbonyl (C=O) groups excluding carboxylic acids is 5. The minimum absolute atomic E-state index is 0.0572. The van der Waals surface area contributed by atoms with Gasteiger partial charge in [-0.2, -0.15) is 0 Å². The van der Waals surface area contributed by atoms with Crippen molar-refractivity contribution in [3.8, 4) is 0 Å². The largest absolute Gasteiger partial charge is 0.335 e. The first kappa shape index (κ1) is 23.7. The standard InChI is InChI=1S/C27H33N3O5/c1-15(2)17-6-8-18(9-7-17)23(31)27(35)28-13-4-5-21(28)26(34)29-14-12-20-22(29)16(3)24(32)30(20)25(33)19-10-11-19/h6-9,15-16,19-22H,4-5,10-14H2,1-3H3/t16-,20-,21-,22+/m0/s1. The topological polar surface area (TPSA) is 95.1 Å². The van der Waals surface area contributed by atoms with Crippen LogP contribution in [0.15, 0.2) is 24.3 Å². The number of carbonyl (C=O) groups is 5. The van der Waals surface area contributed by atoms with Crippen LogP contribution in [-0.2, 0) is 19.2 Å². The molecule has 0 radical (unpaired) electrons. The second kappa shape index (κ2) is 8.88. The summed E-state index contributed by atoms with van der Waals surface area (Å²) in [5.74, 6) is -1.98. The maximum Gasteiger partial charge on any atom is 0.295 e. The number of benzene rings is 1. The molecule has 0 unspecified atom stereocenters. The van der Waals surface area contributed by atoms with Gasteiger partial charge in [0.05, 0.1) is 18.0 Å². The highest BCUT2D eigenvalue weighted by Gasteiger charge is 2.57. The van der Waals surface area contributed by atoms with Gasteiger partial charge in [-0.3, -0.25) is 28.9 Å². The van der Waals surface area contributed by atoms with Crippen LogP contribution < -0.4 is 0 Å². The van der Waals surface area contributed by atoms with Gasteiger partial charge >= 0.3 is 0 Å². The van der Waals surface area contributed by atoms with E-state index in [9.17, 15) is 24.0 Å². The Balaban J connectivity index is 1.31. The summed E-state index contributed by atoms with van der Waals surface area (Å²) in [5.41, 5.74) is 1.41. The summed E-state index contributed by atoms with van der Waals surface area (Å²) in [7, 11) is 0. The van der Waals surface area contributed by atoms with E-state index in [0.717, 1.165) is 18.4 Å². The Morgan fingerprint density at radius 3 is 2.20 bits per heavy atom. The van der Waals surface area contributed by atoms with Gasteiger partial charge in [-0.25, -0.2) is 0 Å². The summed E-state index contributed by atoms with van der Waals surface area (Å²) >= 11 is 0. The fourth-order valence-corrected chi connectivity index (χ4v) is 6.00. The van der Waals surface area contributed by atoms with Crippen LogP contribution in [0.25, 0.3) is 0 Å². The van der Waals surface area contributed by atoms with Gasteiger partial charge in [0.25, 0.3) is 5.91 Å². The highest BCUT2D eigenvalue weighted by atomic mass is 16.2. The number of fused-ring (bicyclic) bond motifs is 1. The van der Waals surface area contributed by atoms with Crippen LogP contribution in [-0.4, -0.2) is 75.3 Å². The molecule has 3 heterocycles. The van der Waals surface area contributed by atoms with E-state index in [1.807, 2.05) is 12.1 Å². The summed E-state index contributed by atoms with van der Waals surface area (Å²) in [6.45, 7) is 6.71. The molecule has 4 atom stereocenters. The van der Waals surface area contributed by atoms with Crippen molar-refractivity contribution in [2.24, 2.45) is 11.8 Å². The number of Topliss-reactive ketones (excluding diaryl/α,β-unsaturated/α-hetero) is 1. The molecule has 4 aliphatic rings. The summed E-state index contributed by atoms with van der Waals surface area (Å²) < 4.78 is 0. The number of amides is 4. The first-order valence-electron chi connectivity index (χ1n) is 12.8. The van der Waals surface area contributed by atoms with Crippen LogP contribution in [0, 0.1) is 11.8 Å². The fourth-order valence-electron chi connectivity index (χ4n) is 6.00. The van der Waals surface area contributed by atoms with E-state index < -0.39 is 23.7 Å². The number of ketones is 1. The van der Waals surface area contributed by atoms with E-state index >= 15 is 0 Å². The normalized spacial score (nSPS) is 28.1. The zero-order valence-corrected chi connectivity index (χ0v) is 20.6. The van der Waals surface area contributed by atoms with Gasteiger partial charge in [0, 0.05) is 24.6 Å². The summed E-state index contributed by atoms with van der Waals surface area (Å²) in [6.07, 6.45) is 3.34. The molecule has 1 saturated carbocycles. The molecule has 8 nitrogen and oxygen atoms in total. The third-order valence-corrected chi connectivity index (χ3v) is 8.17. The van der Waals surface area contributed by atoms with Crippen molar-refractivity contribution in [2.45, 2.75) is 76.9 Å². The van der Waals surface area contributed by atoms with E-state index in [0.29, 0.717) is 43.8 Å².